The SMILES string of the molecule is Cc1nc(Nc2ccc(F)c(Cl)c2)cc(Nc2ccccc2C(=O)O)n1. The summed E-state index contributed by atoms with van der Waals surface area (Å²) in [7, 11) is 0. The van der Waals surface area contributed by atoms with Crippen molar-refractivity contribution in [3.05, 3.63) is 70.8 Å². The summed E-state index contributed by atoms with van der Waals surface area (Å²) in [4.78, 5) is 19.8. The Morgan fingerprint density at radius 3 is 2.46 bits per heavy atom. The molecule has 0 aliphatic rings. The van der Waals surface area contributed by atoms with E-state index in [-0.39, 0.29) is 10.6 Å². The highest BCUT2D eigenvalue weighted by atomic mass is 35.5. The second-order valence-corrected chi connectivity index (χ2v) is 5.82. The second-order valence-electron chi connectivity index (χ2n) is 5.42. The molecule has 0 aliphatic heterocycles. The zero-order valence-electron chi connectivity index (χ0n) is 13.6. The molecule has 0 radical (unpaired) electrons. The Kier molecular flexibility index (Phi) is 4.99. The highest BCUT2D eigenvalue weighted by molar-refractivity contribution is 6.31. The summed E-state index contributed by atoms with van der Waals surface area (Å²) in [5.74, 6) is -0.210. The molecule has 0 saturated heterocycles. The maximum absolute atomic E-state index is 13.3. The van der Waals surface area contributed by atoms with E-state index in [1.807, 2.05) is 0 Å². The zero-order valence-corrected chi connectivity index (χ0v) is 14.4. The number of nitrogens with one attached hydrogen (secondary N) is 2. The van der Waals surface area contributed by atoms with Crippen LogP contribution in [0.25, 0.3) is 0 Å². The number of carboxylic acids is 1. The number of rotatable bonds is 5. The molecule has 0 bridgehead atoms. The van der Waals surface area contributed by atoms with Crippen molar-refractivity contribution in [1.82, 2.24) is 9.97 Å². The molecule has 0 aliphatic carbocycles. The Labute approximate surface area is 153 Å². The lowest BCUT2D eigenvalue weighted by Gasteiger charge is -2.12. The van der Waals surface area contributed by atoms with Gasteiger partial charge in [-0.2, -0.15) is 0 Å². The van der Waals surface area contributed by atoms with Crippen LogP contribution >= 0.6 is 11.6 Å². The number of nitrogens with zero attached hydrogens (tertiary/aromatic N) is 2. The van der Waals surface area contributed by atoms with E-state index in [0.717, 1.165) is 0 Å². The van der Waals surface area contributed by atoms with Crippen LogP contribution in [0, 0.1) is 12.7 Å². The molecule has 1 aromatic heterocycles. The fourth-order valence-corrected chi connectivity index (χ4v) is 2.51. The van der Waals surface area contributed by atoms with Crippen molar-refractivity contribution in [2.24, 2.45) is 0 Å². The van der Waals surface area contributed by atoms with Gasteiger partial charge in [0.15, 0.2) is 0 Å². The van der Waals surface area contributed by atoms with Crippen molar-refractivity contribution in [1.29, 1.82) is 0 Å². The largest absolute Gasteiger partial charge is 0.478 e. The van der Waals surface area contributed by atoms with Crippen molar-refractivity contribution < 1.29 is 14.3 Å². The van der Waals surface area contributed by atoms with Crippen LogP contribution in [-0.2, 0) is 0 Å². The van der Waals surface area contributed by atoms with Crippen LogP contribution in [0.1, 0.15) is 16.2 Å². The summed E-state index contributed by atoms with van der Waals surface area (Å²) in [5, 5.41) is 15.3. The minimum absolute atomic E-state index is 0.00508. The highest BCUT2D eigenvalue weighted by Gasteiger charge is 2.11. The monoisotopic (exact) mass is 372 g/mol. The Morgan fingerprint density at radius 2 is 1.77 bits per heavy atom. The third-order valence-corrected chi connectivity index (χ3v) is 3.74. The van der Waals surface area contributed by atoms with Gasteiger partial charge in [-0.05, 0) is 37.3 Å². The molecule has 0 spiro atoms. The normalized spacial score (nSPS) is 10.4. The van der Waals surface area contributed by atoms with Crippen molar-refractivity contribution in [3.8, 4) is 0 Å². The molecule has 0 saturated carbocycles. The van der Waals surface area contributed by atoms with E-state index >= 15 is 0 Å². The average molecular weight is 373 g/mol. The zero-order chi connectivity index (χ0) is 18.7. The fourth-order valence-electron chi connectivity index (χ4n) is 2.33. The maximum atomic E-state index is 13.3. The molecule has 0 unspecified atom stereocenters. The molecule has 132 valence electrons. The topological polar surface area (TPSA) is 87.1 Å². The van der Waals surface area contributed by atoms with E-state index in [9.17, 15) is 14.3 Å². The number of carboxylic acid groups (broad SMARTS) is 1. The molecule has 26 heavy (non-hydrogen) atoms. The molecule has 3 rings (SSSR count). The van der Waals surface area contributed by atoms with Crippen LogP contribution in [0.3, 0.4) is 0 Å². The summed E-state index contributed by atoms with van der Waals surface area (Å²) in [6, 6.07) is 12.4. The summed E-state index contributed by atoms with van der Waals surface area (Å²) in [6.07, 6.45) is 0. The quantitative estimate of drug-likeness (QED) is 0.598. The van der Waals surface area contributed by atoms with Crippen LogP contribution < -0.4 is 10.6 Å². The molecular weight excluding hydrogens is 359 g/mol. The molecule has 8 heteroatoms. The molecule has 0 fully saturated rings. The molecule has 6 nitrogen and oxygen atoms in total. The number of aryl methyl sites for hydroxylation is 1. The van der Waals surface area contributed by atoms with Gasteiger partial charge in [0.05, 0.1) is 16.3 Å². The number of benzene rings is 2. The van der Waals surface area contributed by atoms with Crippen molar-refractivity contribution in [3.63, 3.8) is 0 Å². The Bertz CT molecular complexity index is 981. The van der Waals surface area contributed by atoms with Crippen LogP contribution in [0.15, 0.2) is 48.5 Å². The number of aromatic nitrogens is 2. The average Bonchev–Trinajstić information content (AvgIpc) is 2.58. The summed E-state index contributed by atoms with van der Waals surface area (Å²) < 4.78 is 13.3. The van der Waals surface area contributed by atoms with Gasteiger partial charge in [-0.3, -0.25) is 0 Å². The van der Waals surface area contributed by atoms with E-state index in [1.165, 1.54) is 24.3 Å². The van der Waals surface area contributed by atoms with Crippen molar-refractivity contribution in [2.45, 2.75) is 6.92 Å². The molecule has 1 heterocycles. The van der Waals surface area contributed by atoms with Gasteiger partial charge in [0.1, 0.15) is 23.3 Å². The molecule has 0 amide bonds. The van der Waals surface area contributed by atoms with Gasteiger partial charge >= 0.3 is 5.97 Å². The van der Waals surface area contributed by atoms with E-state index < -0.39 is 11.8 Å². The van der Waals surface area contributed by atoms with Crippen LogP contribution in [0.2, 0.25) is 5.02 Å². The lowest BCUT2D eigenvalue weighted by molar-refractivity contribution is 0.0698. The number of aromatic carboxylic acids is 1. The van der Waals surface area contributed by atoms with E-state index in [1.54, 1.807) is 31.2 Å². The van der Waals surface area contributed by atoms with Gasteiger partial charge in [-0.15, -0.1) is 0 Å². The lowest BCUT2D eigenvalue weighted by atomic mass is 10.2. The van der Waals surface area contributed by atoms with Gasteiger partial charge in [0, 0.05) is 11.8 Å². The third kappa shape index (κ3) is 4.07. The van der Waals surface area contributed by atoms with Crippen molar-refractivity contribution >= 4 is 40.6 Å². The Balaban J connectivity index is 1.88. The van der Waals surface area contributed by atoms with Gasteiger partial charge in [0.2, 0.25) is 0 Å². The maximum Gasteiger partial charge on any atom is 0.337 e. The van der Waals surface area contributed by atoms with E-state index in [2.05, 4.69) is 20.6 Å². The molecule has 0 atom stereocenters. The number of para-hydroxylation sites is 1. The minimum atomic E-state index is -1.04. The molecule has 3 aromatic rings. The number of anilines is 4. The first-order valence-corrected chi connectivity index (χ1v) is 7.97. The summed E-state index contributed by atoms with van der Waals surface area (Å²) in [5.41, 5.74) is 1.10. The predicted molar refractivity (Wildman–Crippen MR) is 98.1 cm³/mol. The van der Waals surface area contributed by atoms with Gasteiger partial charge in [-0.1, -0.05) is 23.7 Å². The van der Waals surface area contributed by atoms with Crippen LogP contribution in [0.4, 0.5) is 27.4 Å². The molecular formula is C18H14ClFN4O2. The Hall–Kier alpha value is -3.19. The Morgan fingerprint density at radius 1 is 1.08 bits per heavy atom. The molecule has 3 N–H and O–H groups in total. The predicted octanol–water partition coefficient (Wildman–Crippen LogP) is 4.76. The second kappa shape index (κ2) is 7.37. The molecule has 2 aromatic carbocycles. The first-order chi connectivity index (χ1) is 12.4. The van der Waals surface area contributed by atoms with Gasteiger partial charge in [0.25, 0.3) is 0 Å². The lowest BCUT2D eigenvalue weighted by Crippen LogP contribution is -2.05. The van der Waals surface area contributed by atoms with Gasteiger partial charge < -0.3 is 15.7 Å². The van der Waals surface area contributed by atoms with E-state index in [4.69, 9.17) is 11.6 Å². The smallest absolute Gasteiger partial charge is 0.337 e. The highest BCUT2D eigenvalue weighted by Crippen LogP contribution is 2.25. The van der Waals surface area contributed by atoms with Crippen LogP contribution in [0.5, 0.6) is 0 Å². The summed E-state index contributed by atoms with van der Waals surface area (Å²) in [6.45, 7) is 1.71. The number of hydrogen-bond acceptors (Lipinski definition) is 5. The van der Waals surface area contributed by atoms with Crippen molar-refractivity contribution in [2.75, 3.05) is 10.6 Å². The number of halogens is 2. The first kappa shape index (κ1) is 17.6. The fraction of sp³-hybridized carbons (Fsp3) is 0.0556. The minimum Gasteiger partial charge on any atom is -0.478 e. The van der Waals surface area contributed by atoms with E-state index in [0.29, 0.717) is 28.8 Å². The first-order valence-electron chi connectivity index (χ1n) is 7.59. The third-order valence-electron chi connectivity index (χ3n) is 3.45. The standard InChI is InChI=1S/C18H14ClFN4O2/c1-10-21-16(23-11-6-7-14(20)13(19)8-11)9-17(22-10)24-15-5-3-2-4-12(15)18(25)26/h2-9H,1H3,(H,25,26)(H2,21,22,23,24). The number of hydrogen-bond donors (Lipinski definition) is 3. The van der Waals surface area contributed by atoms with Crippen LogP contribution in [-0.4, -0.2) is 21.0 Å². The number of carbonyl (C=O) groups is 1. The summed E-state index contributed by atoms with van der Waals surface area (Å²) >= 11 is 5.78. The van der Waals surface area contributed by atoms with Gasteiger partial charge in [-0.25, -0.2) is 19.2 Å².